The predicted octanol–water partition coefficient (Wildman–Crippen LogP) is 2.24. The standard InChI is InChI=1S/C13H16O3/c14-9-16-13-7-3-11(4-8-13)10-1-5-12(15)6-2-10/h3-4,7-10,12,15H,1-2,5-6H2. The van der Waals surface area contributed by atoms with Gasteiger partial charge in [-0.2, -0.15) is 0 Å². The molecule has 0 bridgehead atoms. The van der Waals surface area contributed by atoms with Crippen molar-refractivity contribution in [2.24, 2.45) is 0 Å². The van der Waals surface area contributed by atoms with Gasteiger partial charge in [0.15, 0.2) is 0 Å². The largest absolute Gasteiger partial charge is 0.429 e. The minimum absolute atomic E-state index is 0.117. The Bertz CT molecular complexity index is 337. The normalized spacial score (nSPS) is 25.1. The van der Waals surface area contributed by atoms with E-state index in [4.69, 9.17) is 4.74 Å². The van der Waals surface area contributed by atoms with Crippen LogP contribution in [0, 0.1) is 0 Å². The van der Waals surface area contributed by atoms with Crippen LogP contribution in [0.25, 0.3) is 0 Å². The van der Waals surface area contributed by atoms with Crippen LogP contribution in [0.2, 0.25) is 0 Å². The predicted molar refractivity (Wildman–Crippen MR) is 60.3 cm³/mol. The van der Waals surface area contributed by atoms with Crippen molar-refractivity contribution < 1.29 is 14.6 Å². The minimum Gasteiger partial charge on any atom is -0.429 e. The Kier molecular flexibility index (Phi) is 3.57. The van der Waals surface area contributed by atoms with Crippen LogP contribution < -0.4 is 4.74 Å². The number of rotatable bonds is 3. The van der Waals surface area contributed by atoms with E-state index in [1.165, 1.54) is 5.56 Å². The number of ether oxygens (including phenoxy) is 1. The summed E-state index contributed by atoms with van der Waals surface area (Å²) in [5.41, 5.74) is 1.27. The Morgan fingerprint density at radius 1 is 1.12 bits per heavy atom. The third kappa shape index (κ3) is 2.61. The first-order chi connectivity index (χ1) is 7.79. The number of aliphatic hydroxyl groups is 1. The maximum absolute atomic E-state index is 10.1. The zero-order chi connectivity index (χ0) is 11.4. The molecule has 1 aliphatic carbocycles. The molecule has 1 aliphatic rings. The van der Waals surface area contributed by atoms with Gasteiger partial charge < -0.3 is 9.84 Å². The highest BCUT2D eigenvalue weighted by molar-refractivity contribution is 5.45. The molecule has 1 saturated carbocycles. The molecule has 0 heterocycles. The molecule has 1 fully saturated rings. The molecule has 3 heteroatoms. The summed E-state index contributed by atoms with van der Waals surface area (Å²) in [7, 11) is 0. The lowest BCUT2D eigenvalue weighted by Crippen LogP contribution is -2.16. The van der Waals surface area contributed by atoms with Gasteiger partial charge in [0.1, 0.15) is 5.75 Å². The number of benzene rings is 1. The Morgan fingerprint density at radius 3 is 2.31 bits per heavy atom. The first kappa shape index (κ1) is 11.1. The average molecular weight is 220 g/mol. The lowest BCUT2D eigenvalue weighted by atomic mass is 9.83. The number of hydrogen-bond acceptors (Lipinski definition) is 3. The summed E-state index contributed by atoms with van der Waals surface area (Å²) in [5.74, 6) is 1.11. The first-order valence-electron chi connectivity index (χ1n) is 5.68. The molecule has 0 amide bonds. The second kappa shape index (κ2) is 5.12. The van der Waals surface area contributed by atoms with E-state index in [2.05, 4.69) is 0 Å². The lowest BCUT2D eigenvalue weighted by molar-refractivity contribution is -0.120. The van der Waals surface area contributed by atoms with Gasteiger partial charge in [0, 0.05) is 0 Å². The van der Waals surface area contributed by atoms with Crippen LogP contribution in [-0.4, -0.2) is 17.7 Å². The van der Waals surface area contributed by atoms with E-state index in [9.17, 15) is 9.90 Å². The maximum Gasteiger partial charge on any atom is 0.298 e. The van der Waals surface area contributed by atoms with Gasteiger partial charge in [-0.3, -0.25) is 4.79 Å². The van der Waals surface area contributed by atoms with Gasteiger partial charge in [-0.1, -0.05) is 12.1 Å². The van der Waals surface area contributed by atoms with Crippen LogP contribution in [0.4, 0.5) is 0 Å². The van der Waals surface area contributed by atoms with Gasteiger partial charge in [0.25, 0.3) is 6.47 Å². The average Bonchev–Trinajstić information content (AvgIpc) is 2.32. The van der Waals surface area contributed by atoms with Crippen molar-refractivity contribution in [2.75, 3.05) is 0 Å². The summed E-state index contributed by atoms with van der Waals surface area (Å²) < 4.78 is 4.74. The fourth-order valence-corrected chi connectivity index (χ4v) is 2.28. The van der Waals surface area contributed by atoms with E-state index >= 15 is 0 Å². The SMILES string of the molecule is O=COc1ccc(C2CCC(O)CC2)cc1. The van der Waals surface area contributed by atoms with Crippen molar-refractivity contribution >= 4 is 6.47 Å². The molecule has 0 saturated heterocycles. The molecule has 1 N–H and O–H groups in total. The van der Waals surface area contributed by atoms with Crippen LogP contribution in [0.3, 0.4) is 0 Å². The fraction of sp³-hybridized carbons (Fsp3) is 0.462. The highest BCUT2D eigenvalue weighted by atomic mass is 16.5. The molecule has 0 aliphatic heterocycles. The molecule has 0 radical (unpaired) electrons. The van der Waals surface area contributed by atoms with Gasteiger partial charge in [0.05, 0.1) is 6.10 Å². The van der Waals surface area contributed by atoms with Gasteiger partial charge in [-0.15, -0.1) is 0 Å². The minimum atomic E-state index is -0.117. The third-order valence-electron chi connectivity index (χ3n) is 3.23. The third-order valence-corrected chi connectivity index (χ3v) is 3.23. The number of carbonyl (C=O) groups excluding carboxylic acids is 1. The Balaban J connectivity index is 2.01. The van der Waals surface area contributed by atoms with E-state index in [1.54, 1.807) is 0 Å². The monoisotopic (exact) mass is 220 g/mol. The lowest BCUT2D eigenvalue weighted by Gasteiger charge is -2.25. The summed E-state index contributed by atoms with van der Waals surface area (Å²) in [6.07, 6.45) is 3.73. The van der Waals surface area contributed by atoms with Crippen molar-refractivity contribution in [2.45, 2.75) is 37.7 Å². The number of carbonyl (C=O) groups is 1. The topological polar surface area (TPSA) is 46.5 Å². The molecule has 0 unspecified atom stereocenters. The molecule has 1 aromatic carbocycles. The first-order valence-corrected chi connectivity index (χ1v) is 5.68. The van der Waals surface area contributed by atoms with Gasteiger partial charge in [-0.25, -0.2) is 0 Å². The van der Waals surface area contributed by atoms with Crippen LogP contribution in [-0.2, 0) is 4.79 Å². The zero-order valence-electron chi connectivity index (χ0n) is 9.13. The van der Waals surface area contributed by atoms with Gasteiger partial charge in [0.2, 0.25) is 0 Å². The molecule has 2 rings (SSSR count). The smallest absolute Gasteiger partial charge is 0.298 e. The molecular weight excluding hydrogens is 204 g/mol. The Hall–Kier alpha value is -1.35. The molecule has 0 atom stereocenters. The van der Waals surface area contributed by atoms with E-state index in [0.29, 0.717) is 18.1 Å². The molecule has 1 aromatic rings. The summed E-state index contributed by atoms with van der Waals surface area (Å²) in [6.45, 7) is 0.436. The maximum atomic E-state index is 10.1. The van der Waals surface area contributed by atoms with Crippen LogP contribution in [0.1, 0.15) is 37.2 Å². The van der Waals surface area contributed by atoms with E-state index in [1.807, 2.05) is 24.3 Å². The second-order valence-corrected chi connectivity index (χ2v) is 4.29. The van der Waals surface area contributed by atoms with Crippen molar-refractivity contribution in [1.82, 2.24) is 0 Å². The van der Waals surface area contributed by atoms with Gasteiger partial charge >= 0.3 is 0 Å². The molecule has 86 valence electrons. The summed E-state index contributed by atoms with van der Waals surface area (Å²) in [5, 5.41) is 9.43. The van der Waals surface area contributed by atoms with Crippen molar-refractivity contribution in [1.29, 1.82) is 0 Å². The fourth-order valence-electron chi connectivity index (χ4n) is 2.28. The molecular formula is C13H16O3. The summed E-state index contributed by atoms with van der Waals surface area (Å²) >= 11 is 0. The summed E-state index contributed by atoms with van der Waals surface area (Å²) in [6, 6.07) is 7.63. The quantitative estimate of drug-likeness (QED) is 0.795. The summed E-state index contributed by atoms with van der Waals surface area (Å²) in [4.78, 5) is 10.1. The molecule has 3 nitrogen and oxygen atoms in total. The van der Waals surface area contributed by atoms with Crippen molar-refractivity contribution in [3.8, 4) is 5.75 Å². The van der Waals surface area contributed by atoms with Crippen LogP contribution in [0.5, 0.6) is 5.75 Å². The Labute approximate surface area is 95.0 Å². The Morgan fingerprint density at radius 2 is 1.75 bits per heavy atom. The van der Waals surface area contributed by atoms with Crippen LogP contribution >= 0.6 is 0 Å². The second-order valence-electron chi connectivity index (χ2n) is 4.29. The zero-order valence-corrected chi connectivity index (χ0v) is 9.13. The van der Waals surface area contributed by atoms with E-state index in [0.717, 1.165) is 25.7 Å². The molecule has 0 aromatic heterocycles. The number of hydrogen-bond donors (Lipinski definition) is 1. The van der Waals surface area contributed by atoms with Crippen molar-refractivity contribution in [3.05, 3.63) is 29.8 Å². The van der Waals surface area contributed by atoms with E-state index < -0.39 is 0 Å². The number of aliphatic hydroxyl groups excluding tert-OH is 1. The van der Waals surface area contributed by atoms with Crippen molar-refractivity contribution in [3.63, 3.8) is 0 Å². The molecule has 16 heavy (non-hydrogen) atoms. The van der Waals surface area contributed by atoms with E-state index in [-0.39, 0.29) is 6.10 Å². The molecule has 0 spiro atoms. The van der Waals surface area contributed by atoms with Gasteiger partial charge in [-0.05, 0) is 49.3 Å². The highest BCUT2D eigenvalue weighted by Crippen LogP contribution is 2.33. The highest BCUT2D eigenvalue weighted by Gasteiger charge is 2.20. The van der Waals surface area contributed by atoms with Crippen LogP contribution in [0.15, 0.2) is 24.3 Å².